The molecule has 18 heavy (non-hydrogen) atoms. The summed E-state index contributed by atoms with van der Waals surface area (Å²) >= 11 is 0. The van der Waals surface area contributed by atoms with Gasteiger partial charge in [-0.3, -0.25) is 0 Å². The lowest BCUT2D eigenvalue weighted by atomic mass is 9.83. The summed E-state index contributed by atoms with van der Waals surface area (Å²) in [5, 5.41) is 3.01. The molecule has 1 N–H and O–H groups in total. The van der Waals surface area contributed by atoms with Gasteiger partial charge < -0.3 is 10.2 Å². The average Bonchev–Trinajstić information content (AvgIpc) is 2.32. The van der Waals surface area contributed by atoms with E-state index in [1.807, 2.05) is 11.8 Å². The summed E-state index contributed by atoms with van der Waals surface area (Å²) in [5.41, 5.74) is 0.352. The van der Waals surface area contributed by atoms with Gasteiger partial charge in [0.25, 0.3) is 0 Å². The minimum absolute atomic E-state index is 0.337. The molecule has 0 unspecified atom stereocenters. The quantitative estimate of drug-likeness (QED) is 0.898. The van der Waals surface area contributed by atoms with Crippen molar-refractivity contribution in [1.82, 2.24) is 9.97 Å². The predicted octanol–water partition coefficient (Wildman–Crippen LogP) is 2.67. The highest BCUT2D eigenvalue weighted by atomic mass is 19.1. The molecule has 4 nitrogen and oxygen atoms in total. The van der Waals surface area contributed by atoms with E-state index in [4.69, 9.17) is 0 Å². The smallest absolute Gasteiger partial charge is 0.224 e. The zero-order valence-corrected chi connectivity index (χ0v) is 11.3. The molecule has 5 heteroatoms. The van der Waals surface area contributed by atoms with Crippen LogP contribution in [0.25, 0.3) is 0 Å². The molecular weight excluding hydrogens is 231 g/mol. The lowest BCUT2D eigenvalue weighted by molar-refractivity contribution is 0.278. The van der Waals surface area contributed by atoms with Crippen LogP contribution >= 0.6 is 0 Å². The lowest BCUT2D eigenvalue weighted by Gasteiger charge is -2.37. The Labute approximate surface area is 108 Å². The van der Waals surface area contributed by atoms with E-state index in [2.05, 4.69) is 29.1 Å². The largest absolute Gasteiger partial charge is 0.354 e. The van der Waals surface area contributed by atoms with Crippen LogP contribution in [0.1, 0.15) is 33.6 Å². The molecule has 100 valence electrons. The first kappa shape index (κ1) is 13.1. The summed E-state index contributed by atoms with van der Waals surface area (Å²) in [6, 6.07) is 0. The van der Waals surface area contributed by atoms with E-state index < -0.39 is 0 Å². The molecule has 0 spiro atoms. The summed E-state index contributed by atoms with van der Waals surface area (Å²) in [4.78, 5) is 10.2. The highest BCUT2D eigenvalue weighted by Gasteiger charge is 2.27. The van der Waals surface area contributed by atoms with Crippen molar-refractivity contribution in [2.45, 2.75) is 33.6 Å². The second-order valence-electron chi connectivity index (χ2n) is 5.55. The van der Waals surface area contributed by atoms with Crippen LogP contribution in [0.3, 0.4) is 0 Å². The Morgan fingerprint density at radius 2 is 2.06 bits per heavy atom. The molecule has 0 aliphatic carbocycles. The number of hydrogen-bond acceptors (Lipinski definition) is 4. The minimum atomic E-state index is -0.337. The molecule has 0 aromatic carbocycles. The molecule has 0 bridgehead atoms. The van der Waals surface area contributed by atoms with Gasteiger partial charge in [0, 0.05) is 19.6 Å². The summed E-state index contributed by atoms with van der Waals surface area (Å²) in [6.45, 7) is 8.92. The summed E-state index contributed by atoms with van der Waals surface area (Å²) in [5.74, 6) is 0.589. The van der Waals surface area contributed by atoms with E-state index in [1.165, 1.54) is 6.20 Å². The molecular formula is C13H21FN4. The molecule has 1 fully saturated rings. The molecule has 2 rings (SSSR count). The van der Waals surface area contributed by atoms with Crippen molar-refractivity contribution in [3.8, 4) is 0 Å². The molecule has 0 saturated carbocycles. The number of rotatable bonds is 3. The maximum atomic E-state index is 13.8. The fourth-order valence-electron chi connectivity index (χ4n) is 2.15. The van der Waals surface area contributed by atoms with Gasteiger partial charge >= 0.3 is 0 Å². The van der Waals surface area contributed by atoms with E-state index in [-0.39, 0.29) is 5.82 Å². The number of halogens is 1. The standard InChI is InChI=1S/C13H21FN4/c1-4-15-12-16-9-10(14)11(17-12)18-7-5-13(2,3)6-8-18/h9H,4-8H2,1-3H3,(H,15,16,17). The van der Waals surface area contributed by atoms with Gasteiger partial charge in [-0.2, -0.15) is 4.98 Å². The van der Waals surface area contributed by atoms with Crippen LogP contribution in [0.5, 0.6) is 0 Å². The topological polar surface area (TPSA) is 41.1 Å². The van der Waals surface area contributed by atoms with Crippen LogP contribution < -0.4 is 10.2 Å². The zero-order valence-electron chi connectivity index (χ0n) is 11.3. The van der Waals surface area contributed by atoms with Crippen LogP contribution in [0.15, 0.2) is 6.20 Å². The Kier molecular flexibility index (Phi) is 3.68. The number of hydrogen-bond donors (Lipinski definition) is 1. The first-order valence-corrected chi connectivity index (χ1v) is 6.53. The predicted molar refractivity (Wildman–Crippen MR) is 71.4 cm³/mol. The van der Waals surface area contributed by atoms with Crippen molar-refractivity contribution < 1.29 is 4.39 Å². The summed E-state index contributed by atoms with van der Waals surface area (Å²) in [6.07, 6.45) is 3.38. The highest BCUT2D eigenvalue weighted by Crippen LogP contribution is 2.32. The van der Waals surface area contributed by atoms with Gasteiger partial charge in [-0.1, -0.05) is 13.8 Å². The van der Waals surface area contributed by atoms with Crippen LogP contribution in [-0.2, 0) is 0 Å². The fourth-order valence-corrected chi connectivity index (χ4v) is 2.15. The third-order valence-corrected chi connectivity index (χ3v) is 3.48. The van der Waals surface area contributed by atoms with Gasteiger partial charge in [-0.05, 0) is 25.2 Å². The Balaban J connectivity index is 2.15. The molecule has 0 amide bonds. The van der Waals surface area contributed by atoms with E-state index in [9.17, 15) is 4.39 Å². The van der Waals surface area contributed by atoms with Crippen molar-refractivity contribution >= 4 is 11.8 Å². The van der Waals surface area contributed by atoms with Crippen molar-refractivity contribution in [2.24, 2.45) is 5.41 Å². The molecule has 1 aliphatic heterocycles. The van der Waals surface area contributed by atoms with Crippen LogP contribution in [-0.4, -0.2) is 29.6 Å². The van der Waals surface area contributed by atoms with Crippen LogP contribution in [0.4, 0.5) is 16.2 Å². The van der Waals surface area contributed by atoms with Gasteiger partial charge in [0.2, 0.25) is 5.95 Å². The molecule has 1 aromatic rings. The van der Waals surface area contributed by atoms with Crippen LogP contribution in [0.2, 0.25) is 0 Å². The highest BCUT2D eigenvalue weighted by molar-refractivity contribution is 5.44. The van der Waals surface area contributed by atoms with Crippen molar-refractivity contribution in [1.29, 1.82) is 0 Å². The fraction of sp³-hybridized carbons (Fsp3) is 0.692. The molecule has 1 aliphatic rings. The number of nitrogens with zero attached hydrogens (tertiary/aromatic N) is 3. The third-order valence-electron chi connectivity index (χ3n) is 3.48. The van der Waals surface area contributed by atoms with Gasteiger partial charge in [-0.15, -0.1) is 0 Å². The molecule has 1 saturated heterocycles. The van der Waals surface area contributed by atoms with Crippen molar-refractivity contribution in [3.05, 3.63) is 12.0 Å². The molecule has 0 radical (unpaired) electrons. The monoisotopic (exact) mass is 252 g/mol. The molecule has 0 atom stereocenters. The van der Waals surface area contributed by atoms with Gasteiger partial charge in [0.15, 0.2) is 11.6 Å². The number of anilines is 2. The van der Waals surface area contributed by atoms with E-state index in [0.29, 0.717) is 17.2 Å². The number of nitrogens with one attached hydrogen (secondary N) is 1. The number of piperidine rings is 1. The normalized spacial score (nSPS) is 18.8. The van der Waals surface area contributed by atoms with E-state index in [0.717, 1.165) is 32.5 Å². The zero-order chi connectivity index (χ0) is 13.2. The van der Waals surface area contributed by atoms with E-state index >= 15 is 0 Å². The maximum Gasteiger partial charge on any atom is 0.224 e. The molecule has 1 aromatic heterocycles. The van der Waals surface area contributed by atoms with E-state index in [1.54, 1.807) is 0 Å². The first-order valence-electron chi connectivity index (χ1n) is 6.53. The second kappa shape index (κ2) is 5.08. The maximum absolute atomic E-state index is 13.8. The van der Waals surface area contributed by atoms with Crippen molar-refractivity contribution in [3.63, 3.8) is 0 Å². The van der Waals surface area contributed by atoms with Crippen molar-refractivity contribution in [2.75, 3.05) is 29.9 Å². The molecule has 2 heterocycles. The summed E-state index contributed by atoms with van der Waals surface area (Å²) < 4.78 is 13.8. The first-order chi connectivity index (χ1) is 8.52. The Morgan fingerprint density at radius 3 is 2.67 bits per heavy atom. The SMILES string of the molecule is CCNc1ncc(F)c(N2CCC(C)(C)CC2)n1. The van der Waals surface area contributed by atoms with Crippen LogP contribution in [0, 0.1) is 11.2 Å². The average molecular weight is 252 g/mol. The van der Waals surface area contributed by atoms with Gasteiger partial charge in [0.1, 0.15) is 0 Å². The lowest BCUT2D eigenvalue weighted by Crippen LogP contribution is -2.38. The Bertz CT molecular complexity index is 409. The Hall–Kier alpha value is -1.39. The second-order valence-corrected chi connectivity index (χ2v) is 5.55. The third kappa shape index (κ3) is 2.89. The number of aromatic nitrogens is 2. The summed E-state index contributed by atoms with van der Waals surface area (Å²) in [7, 11) is 0. The van der Waals surface area contributed by atoms with Gasteiger partial charge in [-0.25, -0.2) is 9.37 Å². The van der Waals surface area contributed by atoms with Gasteiger partial charge in [0.05, 0.1) is 6.20 Å². The minimum Gasteiger partial charge on any atom is -0.354 e. The Morgan fingerprint density at radius 1 is 1.39 bits per heavy atom.